The lowest BCUT2D eigenvalue weighted by molar-refractivity contribution is 0.0250. The minimum atomic E-state index is 0.451. The van der Waals surface area contributed by atoms with Crippen LogP contribution in [0.2, 0.25) is 0 Å². The summed E-state index contributed by atoms with van der Waals surface area (Å²) in [7, 11) is 0. The van der Waals surface area contributed by atoms with Gasteiger partial charge in [-0.2, -0.15) is 0 Å². The summed E-state index contributed by atoms with van der Waals surface area (Å²) < 4.78 is 0. The molecule has 7 aliphatic carbocycles. The SMILES string of the molecule is CC.CC.CC.CC.CC(C)(C)C1CC2CCC1C2.CC(C)(C)C1CC2CCC1CC2.CC(C)(C)C1CCCC1.CC(C)(C)C1CCCCC1.CCC(C(C)(C)C)C(C)(C)C. The van der Waals surface area contributed by atoms with Gasteiger partial charge in [-0.05, 0) is 150 Å². The van der Waals surface area contributed by atoms with Crippen LogP contribution < -0.4 is 0 Å². The summed E-state index contributed by atoms with van der Waals surface area (Å²) >= 11 is 0. The van der Waals surface area contributed by atoms with Gasteiger partial charge in [0.25, 0.3) is 0 Å². The van der Waals surface area contributed by atoms with Crippen LogP contribution in [-0.4, -0.2) is 0 Å². The van der Waals surface area contributed by atoms with Gasteiger partial charge >= 0.3 is 0 Å². The van der Waals surface area contributed by atoms with Gasteiger partial charge in [0.1, 0.15) is 0 Å². The van der Waals surface area contributed by atoms with Gasteiger partial charge in [-0.3, -0.25) is 0 Å². The van der Waals surface area contributed by atoms with E-state index in [1.807, 2.05) is 55.4 Å². The Kier molecular flexibility index (Phi) is 33.2. The molecule has 7 rings (SSSR count). The fraction of sp³-hybridized carbons (Fsp3) is 1.00. The summed E-state index contributed by atoms with van der Waals surface area (Å²) in [5.74, 6) is 9.29. The van der Waals surface area contributed by atoms with Crippen molar-refractivity contribution in [2.24, 2.45) is 85.8 Å². The molecule has 4 bridgehead atoms. The first-order valence-corrected chi connectivity index (χ1v) is 28.0. The highest BCUT2D eigenvalue weighted by Crippen LogP contribution is 2.54. The van der Waals surface area contributed by atoms with Crippen LogP contribution in [0.3, 0.4) is 0 Å². The molecular weight excluding hydrogens is 733 g/mol. The molecule has 372 valence electrons. The second-order valence-electron chi connectivity index (χ2n) is 26.4. The molecule has 0 heterocycles. The second-order valence-corrected chi connectivity index (χ2v) is 26.4. The third kappa shape index (κ3) is 26.1. The predicted octanol–water partition coefficient (Wildman–Crippen LogP) is 22.4. The van der Waals surface area contributed by atoms with Crippen molar-refractivity contribution >= 4 is 0 Å². The highest BCUT2D eigenvalue weighted by Gasteiger charge is 2.44. The first-order valence-electron chi connectivity index (χ1n) is 28.0. The van der Waals surface area contributed by atoms with Gasteiger partial charge in [-0.25, -0.2) is 0 Å². The average Bonchev–Trinajstić information content (AvgIpc) is 3.99. The van der Waals surface area contributed by atoms with Crippen LogP contribution in [0.1, 0.15) is 309 Å². The lowest BCUT2D eigenvalue weighted by Gasteiger charge is -2.48. The molecule has 0 aromatic rings. The molecule has 7 fully saturated rings. The number of hydrogen-bond acceptors (Lipinski definition) is 0. The van der Waals surface area contributed by atoms with E-state index >= 15 is 0 Å². The Hall–Kier alpha value is 0. The van der Waals surface area contributed by atoms with Crippen molar-refractivity contribution in [3.8, 4) is 0 Å². The first-order chi connectivity index (χ1) is 28.0. The lowest BCUT2D eigenvalue weighted by Crippen LogP contribution is -2.38. The van der Waals surface area contributed by atoms with Gasteiger partial charge < -0.3 is 0 Å². The Morgan fingerprint density at radius 3 is 0.787 bits per heavy atom. The molecule has 0 radical (unpaired) electrons. The zero-order valence-electron chi connectivity index (χ0n) is 48.6. The van der Waals surface area contributed by atoms with Crippen molar-refractivity contribution in [3.63, 3.8) is 0 Å². The van der Waals surface area contributed by atoms with Gasteiger partial charge in [0.15, 0.2) is 0 Å². The van der Waals surface area contributed by atoms with Crippen LogP contribution in [-0.2, 0) is 0 Å². The fourth-order valence-electron chi connectivity index (χ4n) is 13.0. The normalized spacial score (nSPS) is 26.2. The van der Waals surface area contributed by atoms with Crippen LogP contribution in [0.5, 0.6) is 0 Å². The Morgan fingerprint density at radius 2 is 0.623 bits per heavy atom. The summed E-state index contributed by atoms with van der Waals surface area (Å²) in [4.78, 5) is 0. The summed E-state index contributed by atoms with van der Waals surface area (Å²) in [5, 5.41) is 0. The smallest absolute Gasteiger partial charge is 0.0319 e. The predicted molar refractivity (Wildman–Crippen MR) is 287 cm³/mol. The van der Waals surface area contributed by atoms with E-state index in [1.165, 1.54) is 116 Å². The number of hydrogen-bond donors (Lipinski definition) is 0. The molecular formula is C61H128. The second kappa shape index (κ2) is 31.1. The van der Waals surface area contributed by atoms with Crippen molar-refractivity contribution in [1.29, 1.82) is 0 Å². The van der Waals surface area contributed by atoms with E-state index in [0.717, 1.165) is 53.3 Å². The quantitative estimate of drug-likeness (QED) is 0.246. The van der Waals surface area contributed by atoms with Crippen LogP contribution >= 0.6 is 0 Å². The number of fused-ring (bicyclic) bond motifs is 5. The zero-order valence-corrected chi connectivity index (χ0v) is 48.6. The van der Waals surface area contributed by atoms with Gasteiger partial charge in [-0.15, -0.1) is 0 Å². The van der Waals surface area contributed by atoms with E-state index in [1.54, 1.807) is 6.42 Å². The maximum Gasteiger partial charge on any atom is -0.0319 e. The first kappa shape index (κ1) is 65.3. The van der Waals surface area contributed by atoms with Gasteiger partial charge in [0.05, 0.1) is 0 Å². The molecule has 0 heteroatoms. The maximum atomic E-state index is 2.43. The van der Waals surface area contributed by atoms with Crippen molar-refractivity contribution < 1.29 is 0 Å². The molecule has 4 atom stereocenters. The molecule has 0 aromatic heterocycles. The van der Waals surface area contributed by atoms with Gasteiger partial charge in [-0.1, -0.05) is 245 Å². The standard InChI is InChI=1S/C12H22.C11H20.C11H24.C10H20.C9H18.4C2H6/c1-12(2,3)11-8-9-4-6-10(11)7-5-9;1-11(2,3)10-7-8-4-5-9(10)6-8;1-8-9(10(2,3)4)11(5,6)7;1-10(2,3)9-7-5-4-6-8-9;1-9(2,3)8-6-4-5-7-8;4*1-2/h9-11H,4-8H2,1-3H3;8-10H,4-7H2,1-3H3;9H,8H2,1-7H3;9H,4-8H2,1-3H3;8H,4-7H2,1-3H3;4*1-2H3. The molecule has 7 aliphatic rings. The summed E-state index contributed by atoms with van der Waals surface area (Å²) in [5.41, 5.74) is 3.21. The molecule has 7 saturated carbocycles. The molecule has 0 spiro atoms. The molecule has 4 unspecified atom stereocenters. The molecule has 0 amide bonds. The third-order valence-electron chi connectivity index (χ3n) is 15.9. The highest BCUT2D eigenvalue weighted by molar-refractivity contribution is 4.95. The fourth-order valence-corrected chi connectivity index (χ4v) is 13.0. The Bertz CT molecular complexity index is 952. The van der Waals surface area contributed by atoms with Crippen LogP contribution in [0.15, 0.2) is 0 Å². The zero-order chi connectivity index (χ0) is 48.6. The van der Waals surface area contributed by atoms with Crippen LogP contribution in [0.25, 0.3) is 0 Å². The molecule has 0 N–H and O–H groups in total. The van der Waals surface area contributed by atoms with E-state index in [9.17, 15) is 0 Å². The van der Waals surface area contributed by atoms with E-state index in [-0.39, 0.29) is 0 Å². The molecule has 0 aliphatic heterocycles. The van der Waals surface area contributed by atoms with E-state index in [2.05, 4.69) is 132 Å². The third-order valence-corrected chi connectivity index (χ3v) is 15.9. The largest absolute Gasteiger partial charge is 0.0683 e. The van der Waals surface area contributed by atoms with E-state index < -0.39 is 0 Å². The van der Waals surface area contributed by atoms with Crippen molar-refractivity contribution in [1.82, 2.24) is 0 Å². The number of rotatable bonds is 1. The minimum Gasteiger partial charge on any atom is -0.0683 e. The monoisotopic (exact) mass is 861 g/mol. The topological polar surface area (TPSA) is 0 Å². The summed E-state index contributed by atoms with van der Waals surface area (Å²) in [6, 6.07) is 0. The highest BCUT2D eigenvalue weighted by atomic mass is 14.5. The van der Waals surface area contributed by atoms with Crippen LogP contribution in [0.4, 0.5) is 0 Å². The maximum absolute atomic E-state index is 2.43. The van der Waals surface area contributed by atoms with Gasteiger partial charge in [0.2, 0.25) is 0 Å². The van der Waals surface area contributed by atoms with Crippen molar-refractivity contribution in [2.45, 2.75) is 309 Å². The van der Waals surface area contributed by atoms with Gasteiger partial charge in [0, 0.05) is 0 Å². The van der Waals surface area contributed by atoms with Crippen LogP contribution in [0, 0.1) is 85.8 Å². The Morgan fingerprint density at radius 1 is 0.328 bits per heavy atom. The molecule has 0 saturated heterocycles. The Balaban J connectivity index is -0.000000663. The average molecular weight is 862 g/mol. The molecule has 61 heavy (non-hydrogen) atoms. The Labute approximate surface area is 393 Å². The van der Waals surface area contributed by atoms with Crippen molar-refractivity contribution in [2.75, 3.05) is 0 Å². The molecule has 0 aromatic carbocycles. The summed E-state index contributed by atoms with van der Waals surface area (Å²) in [6.45, 7) is 61.1. The lowest BCUT2D eigenvalue weighted by atomic mass is 9.57. The minimum absolute atomic E-state index is 0.451. The van der Waals surface area contributed by atoms with E-state index in [4.69, 9.17) is 0 Å². The van der Waals surface area contributed by atoms with Crippen molar-refractivity contribution in [3.05, 3.63) is 0 Å². The molecule has 0 nitrogen and oxygen atoms in total. The van der Waals surface area contributed by atoms with E-state index in [0.29, 0.717) is 32.5 Å². The summed E-state index contributed by atoms with van der Waals surface area (Å²) in [6.07, 6.45) is 28.4.